The van der Waals surface area contributed by atoms with Crippen LogP contribution >= 0.6 is 11.8 Å². The van der Waals surface area contributed by atoms with Gasteiger partial charge in [0.05, 0.1) is 18.0 Å². The molecule has 1 aliphatic heterocycles. The molecule has 4 rings (SSSR count). The molecule has 0 atom stereocenters. The van der Waals surface area contributed by atoms with Crippen molar-refractivity contribution >= 4 is 17.6 Å². The van der Waals surface area contributed by atoms with Gasteiger partial charge in [-0.25, -0.2) is 14.6 Å². The monoisotopic (exact) mass is 352 g/mol. The average molecular weight is 352 g/mol. The van der Waals surface area contributed by atoms with E-state index in [0.29, 0.717) is 6.04 Å². The molecule has 25 heavy (non-hydrogen) atoms. The van der Waals surface area contributed by atoms with Crippen molar-refractivity contribution in [2.75, 3.05) is 18.0 Å². The Balaban J connectivity index is 1.37. The van der Waals surface area contributed by atoms with Crippen LogP contribution in [-0.4, -0.2) is 38.1 Å². The molecule has 0 saturated carbocycles. The zero-order valence-corrected chi connectivity index (χ0v) is 14.7. The molecule has 6 nitrogen and oxygen atoms in total. The van der Waals surface area contributed by atoms with Crippen LogP contribution in [0.2, 0.25) is 0 Å². The minimum Gasteiger partial charge on any atom is -0.356 e. The maximum Gasteiger partial charge on any atom is 0.140 e. The first-order chi connectivity index (χ1) is 12.4. The summed E-state index contributed by atoms with van der Waals surface area (Å²) in [6.45, 7) is 1.96. The molecule has 2 aromatic heterocycles. The lowest BCUT2D eigenvalue weighted by Crippen LogP contribution is -2.35. The molecule has 0 unspecified atom stereocenters. The summed E-state index contributed by atoms with van der Waals surface area (Å²) in [6, 6.07) is 12.8. The van der Waals surface area contributed by atoms with Crippen LogP contribution < -0.4 is 4.90 Å². The van der Waals surface area contributed by atoms with Crippen molar-refractivity contribution in [3.05, 3.63) is 60.8 Å². The number of piperidine rings is 1. The Bertz CT molecular complexity index is 784. The number of thioether (sulfide) groups is 1. The molecule has 1 saturated heterocycles. The fourth-order valence-corrected chi connectivity index (χ4v) is 3.85. The normalized spacial score (nSPS) is 15.4. The highest BCUT2D eigenvalue weighted by Crippen LogP contribution is 2.25. The number of benzene rings is 1. The Kier molecular flexibility index (Phi) is 4.92. The standard InChI is InChI=1S/C18H20N6S/c1-2-4-16(5-3-1)25-14-17-19-9-6-18(21-17)23-11-7-15(8-12-23)24-13-10-20-22-24/h1-6,9-10,13,15H,7-8,11-12,14H2. The maximum atomic E-state index is 4.76. The highest BCUT2D eigenvalue weighted by molar-refractivity contribution is 7.98. The van der Waals surface area contributed by atoms with Gasteiger partial charge in [0.2, 0.25) is 0 Å². The van der Waals surface area contributed by atoms with Gasteiger partial charge in [0.1, 0.15) is 11.6 Å². The van der Waals surface area contributed by atoms with Gasteiger partial charge in [-0.3, -0.25) is 0 Å². The van der Waals surface area contributed by atoms with E-state index in [1.165, 1.54) is 4.90 Å². The molecule has 3 heterocycles. The van der Waals surface area contributed by atoms with E-state index in [1.807, 2.05) is 29.2 Å². The van der Waals surface area contributed by atoms with E-state index in [-0.39, 0.29) is 0 Å². The molecule has 0 N–H and O–H groups in total. The van der Waals surface area contributed by atoms with Gasteiger partial charge in [0.15, 0.2) is 0 Å². The third kappa shape index (κ3) is 3.99. The molecule has 7 heteroatoms. The predicted octanol–water partition coefficient (Wildman–Crippen LogP) is 3.20. The van der Waals surface area contributed by atoms with Crippen LogP contribution in [0.3, 0.4) is 0 Å². The molecule has 1 fully saturated rings. The summed E-state index contributed by atoms with van der Waals surface area (Å²) >= 11 is 1.77. The summed E-state index contributed by atoms with van der Waals surface area (Å²) in [7, 11) is 0. The highest BCUT2D eigenvalue weighted by Gasteiger charge is 2.22. The maximum absolute atomic E-state index is 4.76. The number of hydrogen-bond donors (Lipinski definition) is 0. The van der Waals surface area contributed by atoms with E-state index in [2.05, 4.69) is 44.5 Å². The summed E-state index contributed by atoms with van der Waals surface area (Å²) in [5.41, 5.74) is 0. The second-order valence-corrected chi connectivity index (χ2v) is 7.08. The number of nitrogens with zero attached hydrogens (tertiary/aromatic N) is 6. The fraction of sp³-hybridized carbons (Fsp3) is 0.333. The van der Waals surface area contributed by atoms with Gasteiger partial charge in [-0.2, -0.15) is 0 Å². The lowest BCUT2D eigenvalue weighted by Gasteiger charge is -2.32. The van der Waals surface area contributed by atoms with Gasteiger partial charge in [-0.15, -0.1) is 16.9 Å². The summed E-state index contributed by atoms with van der Waals surface area (Å²) < 4.78 is 1.97. The minimum atomic E-state index is 0.439. The molecule has 0 spiro atoms. The molecule has 0 radical (unpaired) electrons. The van der Waals surface area contributed by atoms with Gasteiger partial charge < -0.3 is 4.90 Å². The lowest BCUT2D eigenvalue weighted by atomic mass is 10.1. The molecule has 128 valence electrons. The Morgan fingerprint density at radius 3 is 2.64 bits per heavy atom. The third-order valence-corrected chi connectivity index (χ3v) is 5.41. The smallest absolute Gasteiger partial charge is 0.140 e. The van der Waals surface area contributed by atoms with Crippen LogP contribution in [0.1, 0.15) is 24.7 Å². The van der Waals surface area contributed by atoms with Crippen LogP contribution in [0.5, 0.6) is 0 Å². The van der Waals surface area contributed by atoms with Gasteiger partial charge in [0, 0.05) is 30.4 Å². The van der Waals surface area contributed by atoms with E-state index < -0.39 is 0 Å². The summed E-state index contributed by atoms with van der Waals surface area (Å²) in [5.74, 6) is 2.69. The number of hydrogen-bond acceptors (Lipinski definition) is 6. The molecule has 0 bridgehead atoms. The van der Waals surface area contributed by atoms with Crippen molar-refractivity contribution < 1.29 is 0 Å². The minimum absolute atomic E-state index is 0.439. The van der Waals surface area contributed by atoms with E-state index in [0.717, 1.165) is 43.3 Å². The molecule has 1 aromatic carbocycles. The summed E-state index contributed by atoms with van der Waals surface area (Å²) in [4.78, 5) is 12.8. The van der Waals surface area contributed by atoms with Gasteiger partial charge in [0.25, 0.3) is 0 Å². The van der Waals surface area contributed by atoms with E-state index >= 15 is 0 Å². The van der Waals surface area contributed by atoms with Crippen LogP contribution in [0, 0.1) is 0 Å². The fourth-order valence-electron chi connectivity index (χ4n) is 3.07. The molecule has 0 amide bonds. The molecule has 0 aliphatic carbocycles. The second kappa shape index (κ2) is 7.65. The zero-order valence-electron chi connectivity index (χ0n) is 13.9. The Morgan fingerprint density at radius 2 is 1.88 bits per heavy atom. The predicted molar refractivity (Wildman–Crippen MR) is 98.5 cm³/mol. The molecule has 1 aliphatic rings. The Labute approximate surface area is 151 Å². The largest absolute Gasteiger partial charge is 0.356 e. The quantitative estimate of drug-likeness (QED) is 0.657. The SMILES string of the molecule is c1ccc(SCc2nccc(N3CCC(n4ccnn4)CC3)n2)cc1. The number of aromatic nitrogens is 5. The third-order valence-electron chi connectivity index (χ3n) is 4.41. The zero-order chi connectivity index (χ0) is 16.9. The van der Waals surface area contributed by atoms with E-state index in [9.17, 15) is 0 Å². The summed E-state index contributed by atoms with van der Waals surface area (Å²) in [6.07, 6.45) is 7.67. The first-order valence-electron chi connectivity index (χ1n) is 8.49. The highest BCUT2D eigenvalue weighted by atomic mass is 32.2. The van der Waals surface area contributed by atoms with E-state index in [4.69, 9.17) is 4.98 Å². The van der Waals surface area contributed by atoms with Crippen molar-refractivity contribution in [1.82, 2.24) is 25.0 Å². The van der Waals surface area contributed by atoms with Gasteiger partial charge in [-0.1, -0.05) is 23.4 Å². The Morgan fingerprint density at radius 1 is 1.04 bits per heavy atom. The topological polar surface area (TPSA) is 59.7 Å². The van der Waals surface area contributed by atoms with Crippen LogP contribution in [-0.2, 0) is 5.75 Å². The molecular formula is C18H20N6S. The molecule has 3 aromatic rings. The Hall–Kier alpha value is -2.41. The van der Waals surface area contributed by atoms with Crippen molar-refractivity contribution in [2.24, 2.45) is 0 Å². The van der Waals surface area contributed by atoms with Crippen molar-refractivity contribution in [3.63, 3.8) is 0 Å². The molecular weight excluding hydrogens is 332 g/mol. The number of anilines is 1. The van der Waals surface area contributed by atoms with Crippen LogP contribution in [0.4, 0.5) is 5.82 Å². The van der Waals surface area contributed by atoms with Crippen molar-refractivity contribution in [2.45, 2.75) is 29.5 Å². The lowest BCUT2D eigenvalue weighted by molar-refractivity contribution is 0.359. The number of rotatable bonds is 5. The van der Waals surface area contributed by atoms with Gasteiger partial charge in [-0.05, 0) is 31.0 Å². The van der Waals surface area contributed by atoms with Crippen molar-refractivity contribution in [3.8, 4) is 0 Å². The van der Waals surface area contributed by atoms with Crippen molar-refractivity contribution in [1.29, 1.82) is 0 Å². The van der Waals surface area contributed by atoms with E-state index in [1.54, 1.807) is 18.0 Å². The van der Waals surface area contributed by atoms with Crippen LogP contribution in [0.25, 0.3) is 0 Å². The first kappa shape index (κ1) is 16.1. The summed E-state index contributed by atoms with van der Waals surface area (Å²) in [5, 5.41) is 8.03. The average Bonchev–Trinajstić information content (AvgIpc) is 3.22. The van der Waals surface area contributed by atoms with Crippen LogP contribution in [0.15, 0.2) is 59.9 Å². The second-order valence-electron chi connectivity index (χ2n) is 6.03. The van der Waals surface area contributed by atoms with Gasteiger partial charge >= 0.3 is 0 Å². The first-order valence-corrected chi connectivity index (χ1v) is 9.47.